The van der Waals surface area contributed by atoms with Gasteiger partial charge in [0.1, 0.15) is 23.5 Å². The second-order valence-corrected chi connectivity index (χ2v) is 9.41. The van der Waals surface area contributed by atoms with E-state index in [1.54, 1.807) is 12.1 Å². The summed E-state index contributed by atoms with van der Waals surface area (Å²) in [7, 11) is 0. The Morgan fingerprint density at radius 2 is 1.84 bits per heavy atom. The van der Waals surface area contributed by atoms with Gasteiger partial charge in [-0.1, -0.05) is 12.1 Å². The van der Waals surface area contributed by atoms with Gasteiger partial charge in [-0.3, -0.25) is 19.3 Å². The van der Waals surface area contributed by atoms with E-state index in [1.807, 2.05) is 6.07 Å². The Kier molecular flexibility index (Phi) is 8.02. The third-order valence-corrected chi connectivity index (χ3v) is 6.39. The van der Waals surface area contributed by atoms with E-state index in [9.17, 15) is 22.8 Å². The van der Waals surface area contributed by atoms with Gasteiger partial charge in [-0.2, -0.15) is 10.4 Å². The number of nitrogens with two attached hydrogens (primary N) is 1. The number of Topliss-reactive ketones (excluding diaryl/α,β-unsaturated/α-hetero) is 1. The number of carbonyl (C=O) groups excluding carboxylic acids is 2. The lowest BCUT2D eigenvalue weighted by Gasteiger charge is -2.20. The molecule has 0 bridgehead atoms. The highest BCUT2D eigenvalue weighted by Gasteiger charge is 2.24. The molecule has 1 atom stereocenters. The van der Waals surface area contributed by atoms with Crippen LogP contribution in [0.5, 0.6) is 0 Å². The molecular formula is C27H19BrF3N5O2. The molecule has 0 fully saturated rings. The second-order valence-electron chi connectivity index (χ2n) is 8.55. The number of hydrogen-bond acceptors (Lipinski definition) is 5. The third kappa shape index (κ3) is 6.15. The Balaban J connectivity index is 1.73. The Hall–Kier alpha value is -4.30. The molecule has 192 valence electrons. The molecule has 2 aromatic heterocycles. The maximum absolute atomic E-state index is 14.1. The second kappa shape index (κ2) is 11.4. The quantitative estimate of drug-likeness (QED) is 0.296. The smallest absolute Gasteiger partial charge is 0.251 e. The van der Waals surface area contributed by atoms with Gasteiger partial charge in [0.2, 0.25) is 0 Å². The van der Waals surface area contributed by atoms with Crippen LogP contribution >= 0.6 is 15.9 Å². The summed E-state index contributed by atoms with van der Waals surface area (Å²) in [5, 5.41) is 13.2. The van der Waals surface area contributed by atoms with Gasteiger partial charge in [-0.05, 0) is 63.8 Å². The molecule has 38 heavy (non-hydrogen) atoms. The molecule has 7 nitrogen and oxygen atoms in total. The number of pyridine rings is 1. The van der Waals surface area contributed by atoms with Crippen molar-refractivity contribution in [2.24, 2.45) is 5.73 Å². The summed E-state index contributed by atoms with van der Waals surface area (Å²) < 4.78 is 43.8. The molecule has 11 heteroatoms. The monoisotopic (exact) mass is 581 g/mol. The van der Waals surface area contributed by atoms with E-state index in [2.05, 4.69) is 26.0 Å². The molecule has 2 heterocycles. The number of carbonyl (C=O) groups is 2. The van der Waals surface area contributed by atoms with E-state index in [0.29, 0.717) is 26.9 Å². The highest BCUT2D eigenvalue weighted by atomic mass is 79.9. The fourth-order valence-electron chi connectivity index (χ4n) is 4.22. The minimum atomic E-state index is -0.945. The molecule has 0 aliphatic carbocycles. The predicted octanol–water partition coefficient (Wildman–Crippen LogP) is 5.08. The SMILES string of the molecule is N#Cc1nn(CC(=O)C[C@@H](Cc2cc(F)cc(F)c2)c2ncccc2-c2ccc(F)c(C(N)=O)c2)cc1Br. The first kappa shape index (κ1) is 26.8. The van der Waals surface area contributed by atoms with Gasteiger partial charge in [0.25, 0.3) is 5.91 Å². The average Bonchev–Trinajstić information content (AvgIpc) is 3.21. The van der Waals surface area contributed by atoms with Gasteiger partial charge in [0.15, 0.2) is 11.5 Å². The molecule has 2 N–H and O–H groups in total. The molecule has 4 aromatic rings. The number of hydrogen-bond donors (Lipinski definition) is 1. The number of aromatic nitrogens is 3. The van der Waals surface area contributed by atoms with E-state index >= 15 is 0 Å². The summed E-state index contributed by atoms with van der Waals surface area (Å²) in [6, 6.07) is 12.2. The van der Waals surface area contributed by atoms with E-state index in [1.165, 1.54) is 41.3 Å². The van der Waals surface area contributed by atoms with Gasteiger partial charge >= 0.3 is 0 Å². The number of ketones is 1. The van der Waals surface area contributed by atoms with Gasteiger partial charge < -0.3 is 5.73 Å². The molecule has 0 unspecified atom stereocenters. The number of amides is 1. The van der Waals surface area contributed by atoms with Crippen LogP contribution in [0.4, 0.5) is 13.2 Å². The lowest BCUT2D eigenvalue weighted by Crippen LogP contribution is -2.17. The summed E-state index contributed by atoms with van der Waals surface area (Å²) in [5.74, 6) is -4.19. The van der Waals surface area contributed by atoms with Gasteiger partial charge in [-0.15, -0.1) is 0 Å². The van der Waals surface area contributed by atoms with E-state index in [4.69, 9.17) is 11.0 Å². The van der Waals surface area contributed by atoms with Crippen LogP contribution in [0.15, 0.2) is 65.4 Å². The Bertz CT molecular complexity index is 1560. The van der Waals surface area contributed by atoms with Crippen molar-refractivity contribution in [1.82, 2.24) is 14.8 Å². The van der Waals surface area contributed by atoms with Crippen molar-refractivity contribution >= 4 is 27.6 Å². The molecule has 0 aliphatic heterocycles. The minimum Gasteiger partial charge on any atom is -0.366 e. The predicted molar refractivity (Wildman–Crippen MR) is 135 cm³/mol. The van der Waals surface area contributed by atoms with E-state index in [0.717, 1.165) is 12.1 Å². The molecule has 0 aliphatic rings. The Morgan fingerprint density at radius 3 is 2.50 bits per heavy atom. The number of benzene rings is 2. The summed E-state index contributed by atoms with van der Waals surface area (Å²) in [6.45, 7) is -0.154. The fraction of sp³-hybridized carbons (Fsp3) is 0.148. The molecular weight excluding hydrogens is 563 g/mol. The zero-order valence-corrected chi connectivity index (χ0v) is 21.3. The standard InChI is InChI=1S/C27H19BrF3N5O2/c28-23-14-36(35-25(23)12-32)13-20(37)9-17(6-15-7-18(29)11-19(30)8-15)26-21(2-1-5-34-26)16-3-4-24(31)22(10-16)27(33)38/h1-5,7-8,10-11,14,17H,6,9,13H2,(H2,33,38)/t17-/m1/s1. The lowest BCUT2D eigenvalue weighted by atomic mass is 9.86. The van der Waals surface area contributed by atoms with Crippen LogP contribution in [0.1, 0.15) is 39.6 Å². The number of rotatable bonds is 9. The van der Waals surface area contributed by atoms with Crippen molar-refractivity contribution in [3.8, 4) is 17.2 Å². The third-order valence-electron chi connectivity index (χ3n) is 5.81. The van der Waals surface area contributed by atoms with Crippen molar-refractivity contribution in [3.63, 3.8) is 0 Å². The highest BCUT2D eigenvalue weighted by Crippen LogP contribution is 2.33. The topological polar surface area (TPSA) is 115 Å². The first-order valence-corrected chi connectivity index (χ1v) is 12.1. The van der Waals surface area contributed by atoms with Crippen molar-refractivity contribution in [1.29, 1.82) is 5.26 Å². The van der Waals surface area contributed by atoms with Crippen LogP contribution in [-0.2, 0) is 17.8 Å². The molecule has 0 saturated heterocycles. The Labute approximate surface area is 223 Å². The maximum Gasteiger partial charge on any atom is 0.251 e. The van der Waals surface area contributed by atoms with Crippen LogP contribution in [0, 0.1) is 28.8 Å². The minimum absolute atomic E-state index is 0.0561. The first-order chi connectivity index (χ1) is 18.1. The molecule has 4 rings (SSSR count). The van der Waals surface area contributed by atoms with Crippen molar-refractivity contribution in [3.05, 3.63) is 105 Å². The largest absolute Gasteiger partial charge is 0.366 e. The van der Waals surface area contributed by atoms with E-state index < -0.39 is 29.3 Å². The van der Waals surface area contributed by atoms with Crippen molar-refractivity contribution in [2.75, 3.05) is 0 Å². The molecule has 0 radical (unpaired) electrons. The molecule has 2 aromatic carbocycles. The van der Waals surface area contributed by atoms with Crippen LogP contribution in [0.3, 0.4) is 0 Å². The van der Waals surface area contributed by atoms with Crippen molar-refractivity contribution in [2.45, 2.75) is 25.3 Å². The van der Waals surface area contributed by atoms with E-state index in [-0.39, 0.29) is 36.4 Å². The van der Waals surface area contributed by atoms with Crippen LogP contribution in [-0.4, -0.2) is 26.5 Å². The zero-order valence-electron chi connectivity index (χ0n) is 19.7. The normalized spacial score (nSPS) is 11.7. The van der Waals surface area contributed by atoms with Crippen LogP contribution in [0.25, 0.3) is 11.1 Å². The summed E-state index contributed by atoms with van der Waals surface area (Å²) in [6.07, 6.45) is 2.97. The first-order valence-electron chi connectivity index (χ1n) is 11.3. The summed E-state index contributed by atoms with van der Waals surface area (Å²) in [4.78, 5) is 29.3. The summed E-state index contributed by atoms with van der Waals surface area (Å²) >= 11 is 3.21. The van der Waals surface area contributed by atoms with Gasteiger partial charge in [0.05, 0.1) is 22.3 Å². The Morgan fingerprint density at radius 1 is 1.11 bits per heavy atom. The number of nitriles is 1. The average molecular weight is 582 g/mol. The van der Waals surface area contributed by atoms with Gasteiger partial charge in [0, 0.05) is 36.4 Å². The number of primary amides is 1. The number of nitrogens with zero attached hydrogens (tertiary/aromatic N) is 4. The fourth-order valence-corrected chi connectivity index (χ4v) is 4.63. The maximum atomic E-state index is 14.1. The summed E-state index contributed by atoms with van der Waals surface area (Å²) in [5.41, 5.74) is 6.77. The molecule has 0 saturated carbocycles. The van der Waals surface area contributed by atoms with Crippen LogP contribution in [0.2, 0.25) is 0 Å². The highest BCUT2D eigenvalue weighted by molar-refractivity contribution is 9.10. The lowest BCUT2D eigenvalue weighted by molar-refractivity contribution is -0.120. The van der Waals surface area contributed by atoms with Crippen molar-refractivity contribution < 1.29 is 22.8 Å². The van der Waals surface area contributed by atoms with Crippen LogP contribution < -0.4 is 5.73 Å². The van der Waals surface area contributed by atoms with Gasteiger partial charge in [-0.25, -0.2) is 13.2 Å². The molecule has 0 spiro atoms. The zero-order chi connectivity index (χ0) is 27.4. The molecule has 1 amide bonds. The number of halogens is 4.